The Hall–Kier alpha value is -3.26. The Balaban J connectivity index is 1.32. The number of aryl methyl sites for hydroxylation is 2. The summed E-state index contributed by atoms with van der Waals surface area (Å²) in [4.78, 5) is 20.2. The van der Waals surface area contributed by atoms with Gasteiger partial charge in [-0.2, -0.15) is 10.1 Å². The normalized spacial score (nSPS) is 17.2. The zero-order valence-corrected chi connectivity index (χ0v) is 20.4. The molecule has 34 heavy (non-hydrogen) atoms. The van der Waals surface area contributed by atoms with Gasteiger partial charge in [0.25, 0.3) is 0 Å². The van der Waals surface area contributed by atoms with Gasteiger partial charge < -0.3 is 10.2 Å². The SMILES string of the molecule is Cc1ccc([C@@H](C)NC(=O)[C@H]2CCCN(c3nc4c(s3)c(C)nn4-c3ccc(F)cc3)C2)cc1. The molecule has 1 fully saturated rings. The van der Waals surface area contributed by atoms with Crippen molar-refractivity contribution in [2.75, 3.05) is 18.0 Å². The predicted octanol–water partition coefficient (Wildman–Crippen LogP) is 5.33. The molecule has 1 aliphatic heterocycles. The van der Waals surface area contributed by atoms with Gasteiger partial charge in [-0.05, 0) is 63.4 Å². The van der Waals surface area contributed by atoms with Crippen molar-refractivity contribution in [3.8, 4) is 5.69 Å². The van der Waals surface area contributed by atoms with Crippen molar-refractivity contribution in [1.82, 2.24) is 20.1 Å². The Labute approximate surface area is 202 Å². The van der Waals surface area contributed by atoms with Gasteiger partial charge in [0.05, 0.1) is 28.0 Å². The Morgan fingerprint density at radius 2 is 1.88 bits per heavy atom. The first-order valence-corrected chi connectivity index (χ1v) is 12.4. The molecule has 4 aromatic rings. The minimum absolute atomic E-state index is 0.0322. The van der Waals surface area contributed by atoms with Gasteiger partial charge in [-0.3, -0.25) is 4.79 Å². The fraction of sp³-hybridized carbons (Fsp3) is 0.346. The number of carbonyl (C=O) groups is 1. The van der Waals surface area contributed by atoms with Crippen molar-refractivity contribution < 1.29 is 9.18 Å². The van der Waals surface area contributed by atoms with Crippen LogP contribution in [0.25, 0.3) is 16.0 Å². The van der Waals surface area contributed by atoms with Crippen molar-refractivity contribution in [3.05, 3.63) is 71.2 Å². The van der Waals surface area contributed by atoms with Crippen molar-refractivity contribution in [3.63, 3.8) is 0 Å². The third-order valence-electron chi connectivity index (χ3n) is 6.45. The highest BCUT2D eigenvalue weighted by Crippen LogP contribution is 2.34. The van der Waals surface area contributed by atoms with Crippen LogP contribution in [-0.2, 0) is 4.79 Å². The molecule has 8 heteroatoms. The number of amides is 1. The lowest BCUT2D eigenvalue weighted by molar-refractivity contribution is -0.125. The summed E-state index contributed by atoms with van der Waals surface area (Å²) in [7, 11) is 0. The highest BCUT2D eigenvalue weighted by atomic mass is 32.1. The molecule has 176 valence electrons. The summed E-state index contributed by atoms with van der Waals surface area (Å²) >= 11 is 1.60. The Morgan fingerprint density at radius 1 is 1.15 bits per heavy atom. The van der Waals surface area contributed by atoms with Gasteiger partial charge >= 0.3 is 0 Å². The number of halogens is 1. The van der Waals surface area contributed by atoms with E-state index in [2.05, 4.69) is 46.5 Å². The lowest BCUT2D eigenvalue weighted by Crippen LogP contribution is -2.43. The molecule has 5 rings (SSSR count). The average Bonchev–Trinajstić information content (AvgIpc) is 3.41. The predicted molar refractivity (Wildman–Crippen MR) is 134 cm³/mol. The monoisotopic (exact) mass is 477 g/mol. The first kappa shape index (κ1) is 22.5. The molecular weight excluding hydrogens is 449 g/mol. The molecule has 0 aliphatic carbocycles. The van der Waals surface area contributed by atoms with Gasteiger partial charge in [-0.25, -0.2) is 9.07 Å². The summed E-state index contributed by atoms with van der Waals surface area (Å²) in [6.07, 6.45) is 1.81. The molecule has 1 aliphatic rings. The van der Waals surface area contributed by atoms with Crippen LogP contribution in [-0.4, -0.2) is 33.8 Å². The first-order chi connectivity index (χ1) is 16.4. The van der Waals surface area contributed by atoms with E-state index in [1.807, 2.05) is 13.8 Å². The van der Waals surface area contributed by atoms with Gasteiger partial charge in [0, 0.05) is 13.1 Å². The number of fused-ring (bicyclic) bond motifs is 1. The van der Waals surface area contributed by atoms with Gasteiger partial charge in [0.2, 0.25) is 5.91 Å². The highest BCUT2D eigenvalue weighted by Gasteiger charge is 2.29. The average molecular weight is 478 g/mol. The molecule has 0 bridgehead atoms. The van der Waals surface area contributed by atoms with E-state index < -0.39 is 0 Å². The van der Waals surface area contributed by atoms with Crippen LogP contribution in [0, 0.1) is 25.6 Å². The molecule has 1 saturated heterocycles. The second kappa shape index (κ2) is 9.18. The minimum atomic E-state index is -0.280. The fourth-order valence-corrected chi connectivity index (χ4v) is 5.48. The highest BCUT2D eigenvalue weighted by molar-refractivity contribution is 7.22. The lowest BCUT2D eigenvalue weighted by Gasteiger charge is -2.32. The second-order valence-corrected chi connectivity index (χ2v) is 10.0. The molecule has 3 heterocycles. The van der Waals surface area contributed by atoms with Crippen molar-refractivity contribution in [2.45, 2.75) is 39.7 Å². The molecule has 0 spiro atoms. The minimum Gasteiger partial charge on any atom is -0.349 e. The quantitative estimate of drug-likeness (QED) is 0.422. The Morgan fingerprint density at radius 3 is 2.62 bits per heavy atom. The van der Waals surface area contributed by atoms with Crippen LogP contribution < -0.4 is 10.2 Å². The van der Waals surface area contributed by atoms with E-state index in [0.29, 0.717) is 6.54 Å². The van der Waals surface area contributed by atoms with Crippen LogP contribution >= 0.6 is 11.3 Å². The van der Waals surface area contributed by atoms with Crippen LogP contribution in [0.2, 0.25) is 0 Å². The molecule has 0 unspecified atom stereocenters. The van der Waals surface area contributed by atoms with Gasteiger partial charge in [-0.15, -0.1) is 0 Å². The number of hydrogen-bond donors (Lipinski definition) is 1. The van der Waals surface area contributed by atoms with Crippen molar-refractivity contribution in [1.29, 1.82) is 0 Å². The number of thiazole rings is 1. The zero-order chi connectivity index (χ0) is 23.8. The van der Waals surface area contributed by atoms with E-state index in [9.17, 15) is 9.18 Å². The molecule has 6 nitrogen and oxygen atoms in total. The maximum absolute atomic E-state index is 13.4. The Bertz CT molecular complexity index is 1310. The summed E-state index contributed by atoms with van der Waals surface area (Å²) < 4.78 is 16.2. The summed E-state index contributed by atoms with van der Waals surface area (Å²) in [5.41, 5.74) is 4.75. The lowest BCUT2D eigenvalue weighted by atomic mass is 9.96. The van der Waals surface area contributed by atoms with E-state index in [1.165, 1.54) is 17.7 Å². The number of hydrogen-bond acceptors (Lipinski definition) is 5. The van der Waals surface area contributed by atoms with Crippen LogP contribution in [0.4, 0.5) is 9.52 Å². The summed E-state index contributed by atoms with van der Waals surface area (Å²) in [5, 5.41) is 8.70. The van der Waals surface area contributed by atoms with E-state index in [-0.39, 0.29) is 23.7 Å². The van der Waals surface area contributed by atoms with Crippen LogP contribution in [0.3, 0.4) is 0 Å². The number of carbonyl (C=O) groups excluding carboxylic acids is 1. The zero-order valence-electron chi connectivity index (χ0n) is 19.6. The topological polar surface area (TPSA) is 63.1 Å². The molecule has 0 radical (unpaired) electrons. The third kappa shape index (κ3) is 4.42. The first-order valence-electron chi connectivity index (χ1n) is 11.6. The molecule has 1 amide bonds. The maximum atomic E-state index is 13.4. The van der Waals surface area contributed by atoms with Crippen LogP contribution in [0.5, 0.6) is 0 Å². The van der Waals surface area contributed by atoms with Gasteiger partial charge in [0.1, 0.15) is 5.82 Å². The van der Waals surface area contributed by atoms with E-state index in [0.717, 1.165) is 51.8 Å². The number of nitrogens with zero attached hydrogens (tertiary/aromatic N) is 4. The van der Waals surface area contributed by atoms with E-state index in [1.54, 1.807) is 28.2 Å². The molecule has 2 atom stereocenters. The Kier molecular flexibility index (Phi) is 6.08. The van der Waals surface area contributed by atoms with Gasteiger partial charge in [0.15, 0.2) is 10.8 Å². The van der Waals surface area contributed by atoms with Crippen molar-refractivity contribution >= 4 is 32.7 Å². The molecular formula is C26H28FN5OS. The van der Waals surface area contributed by atoms with Crippen LogP contribution in [0.15, 0.2) is 48.5 Å². The maximum Gasteiger partial charge on any atom is 0.225 e. The van der Waals surface area contributed by atoms with E-state index in [4.69, 9.17) is 4.98 Å². The van der Waals surface area contributed by atoms with Gasteiger partial charge in [-0.1, -0.05) is 41.2 Å². The molecule has 2 aromatic carbocycles. The number of nitrogens with one attached hydrogen (secondary N) is 1. The molecule has 0 saturated carbocycles. The largest absolute Gasteiger partial charge is 0.349 e. The number of anilines is 1. The molecule has 1 N–H and O–H groups in total. The standard InChI is InChI=1S/C26H28FN5OS/c1-16-6-8-19(9-7-16)17(2)28-25(33)20-5-4-14-31(15-20)26-29-24-23(34-26)18(3)30-32(24)22-12-10-21(27)11-13-22/h6-13,17,20H,4-5,14-15H2,1-3H3,(H,28,33)/t17-,20+/m1/s1. The van der Waals surface area contributed by atoms with Crippen LogP contribution in [0.1, 0.15) is 42.6 Å². The molecule has 2 aromatic heterocycles. The number of piperidine rings is 1. The fourth-order valence-electron chi connectivity index (χ4n) is 4.46. The summed E-state index contributed by atoms with van der Waals surface area (Å²) in [5.74, 6) is -0.270. The van der Waals surface area contributed by atoms with E-state index >= 15 is 0 Å². The smallest absolute Gasteiger partial charge is 0.225 e. The number of aromatic nitrogens is 3. The third-order valence-corrected chi connectivity index (χ3v) is 7.66. The number of benzene rings is 2. The van der Waals surface area contributed by atoms with Crippen molar-refractivity contribution in [2.24, 2.45) is 5.92 Å². The summed E-state index contributed by atoms with van der Waals surface area (Å²) in [6, 6.07) is 14.5. The second-order valence-electron chi connectivity index (χ2n) is 9.05. The summed E-state index contributed by atoms with van der Waals surface area (Å²) in [6.45, 7) is 7.57. The number of rotatable bonds is 5.